The molecule has 0 aliphatic rings. The number of aryl methyl sites for hydroxylation is 1. The fraction of sp³-hybridized carbons (Fsp3) is 0.538. The highest BCUT2D eigenvalue weighted by atomic mass is 32.1. The van der Waals surface area contributed by atoms with E-state index in [4.69, 9.17) is 0 Å². The summed E-state index contributed by atoms with van der Waals surface area (Å²) < 4.78 is 1.47. The van der Waals surface area contributed by atoms with Gasteiger partial charge in [0.25, 0.3) is 0 Å². The van der Waals surface area contributed by atoms with E-state index in [0.29, 0.717) is 18.7 Å². The van der Waals surface area contributed by atoms with Crippen molar-refractivity contribution in [2.45, 2.75) is 45.6 Å². The SMILES string of the molecule is CCc1ccsc1-c1nnnn1C(CC)(CC)C(=O)O. The van der Waals surface area contributed by atoms with Gasteiger partial charge in [-0.2, -0.15) is 0 Å². The number of thiophene rings is 1. The molecule has 108 valence electrons. The van der Waals surface area contributed by atoms with E-state index >= 15 is 0 Å². The maximum Gasteiger partial charge on any atom is 0.331 e. The number of aliphatic carboxylic acids is 1. The van der Waals surface area contributed by atoms with E-state index < -0.39 is 11.5 Å². The van der Waals surface area contributed by atoms with Gasteiger partial charge in [0.1, 0.15) is 0 Å². The molecule has 2 aromatic rings. The Morgan fingerprint density at radius 1 is 1.40 bits per heavy atom. The highest BCUT2D eigenvalue weighted by Gasteiger charge is 2.40. The highest BCUT2D eigenvalue weighted by molar-refractivity contribution is 7.13. The molecular formula is C13H18N4O2S. The molecule has 0 aliphatic heterocycles. The second-order valence-electron chi connectivity index (χ2n) is 4.59. The average molecular weight is 294 g/mol. The molecule has 6 nitrogen and oxygen atoms in total. The van der Waals surface area contributed by atoms with Crippen molar-refractivity contribution in [3.05, 3.63) is 17.0 Å². The second-order valence-corrected chi connectivity index (χ2v) is 5.50. The molecule has 0 saturated carbocycles. The third-order valence-corrected chi connectivity index (χ3v) is 4.73. The number of carboxylic acid groups (broad SMARTS) is 1. The van der Waals surface area contributed by atoms with E-state index in [1.807, 2.05) is 25.3 Å². The number of carboxylic acids is 1. The normalized spacial score (nSPS) is 11.8. The lowest BCUT2D eigenvalue weighted by atomic mass is 9.93. The Kier molecular flexibility index (Phi) is 4.17. The lowest BCUT2D eigenvalue weighted by Crippen LogP contribution is -2.42. The van der Waals surface area contributed by atoms with Crippen LogP contribution in [0.1, 0.15) is 39.2 Å². The molecule has 2 heterocycles. The van der Waals surface area contributed by atoms with E-state index in [1.54, 1.807) is 0 Å². The first-order valence-electron chi connectivity index (χ1n) is 6.69. The van der Waals surface area contributed by atoms with E-state index in [0.717, 1.165) is 16.9 Å². The standard InChI is InChI=1S/C13H18N4O2S/c1-4-9-7-8-20-10(9)11-14-15-16-17(11)13(5-2,6-3)12(18)19/h7-8H,4-6H2,1-3H3,(H,18,19). The van der Waals surface area contributed by atoms with Gasteiger partial charge in [0.2, 0.25) is 0 Å². The van der Waals surface area contributed by atoms with Gasteiger partial charge in [0, 0.05) is 0 Å². The molecule has 0 aliphatic carbocycles. The second kappa shape index (κ2) is 5.70. The fourth-order valence-corrected chi connectivity index (χ4v) is 3.33. The van der Waals surface area contributed by atoms with Crippen molar-refractivity contribution in [3.8, 4) is 10.7 Å². The molecule has 0 aromatic carbocycles. The van der Waals surface area contributed by atoms with Gasteiger partial charge in [-0.1, -0.05) is 20.8 Å². The van der Waals surface area contributed by atoms with Crippen LogP contribution in [0, 0.1) is 0 Å². The first kappa shape index (κ1) is 14.6. The predicted octanol–water partition coefficient (Wildman–Crippen LogP) is 2.56. The van der Waals surface area contributed by atoms with Crippen molar-refractivity contribution in [1.82, 2.24) is 20.2 Å². The summed E-state index contributed by atoms with van der Waals surface area (Å²) in [5.74, 6) is -0.353. The van der Waals surface area contributed by atoms with Gasteiger partial charge in [-0.25, -0.2) is 9.48 Å². The summed E-state index contributed by atoms with van der Waals surface area (Å²) in [6.07, 6.45) is 1.73. The van der Waals surface area contributed by atoms with Crippen LogP contribution in [0.25, 0.3) is 10.7 Å². The van der Waals surface area contributed by atoms with E-state index in [2.05, 4.69) is 22.4 Å². The largest absolute Gasteiger partial charge is 0.479 e. The maximum absolute atomic E-state index is 11.7. The molecule has 0 bridgehead atoms. The number of nitrogens with zero attached hydrogens (tertiary/aromatic N) is 4. The Bertz CT molecular complexity index is 601. The minimum absolute atomic E-state index is 0.434. The van der Waals surface area contributed by atoms with Crippen LogP contribution in [0.5, 0.6) is 0 Å². The number of hydrogen-bond donors (Lipinski definition) is 1. The molecule has 0 radical (unpaired) electrons. The smallest absolute Gasteiger partial charge is 0.331 e. The van der Waals surface area contributed by atoms with Gasteiger partial charge < -0.3 is 5.11 Å². The van der Waals surface area contributed by atoms with Crippen LogP contribution in [0.3, 0.4) is 0 Å². The zero-order chi connectivity index (χ0) is 14.8. The summed E-state index contributed by atoms with van der Waals surface area (Å²) in [6, 6.07) is 2.03. The number of aromatic nitrogens is 4. The lowest BCUT2D eigenvalue weighted by molar-refractivity contribution is -0.148. The van der Waals surface area contributed by atoms with Crippen LogP contribution in [0.15, 0.2) is 11.4 Å². The summed E-state index contributed by atoms with van der Waals surface area (Å²) in [4.78, 5) is 12.7. The van der Waals surface area contributed by atoms with E-state index in [-0.39, 0.29) is 0 Å². The quantitative estimate of drug-likeness (QED) is 0.885. The van der Waals surface area contributed by atoms with Crippen molar-refractivity contribution in [2.24, 2.45) is 0 Å². The lowest BCUT2D eigenvalue weighted by Gasteiger charge is -2.27. The highest BCUT2D eigenvalue weighted by Crippen LogP contribution is 2.33. The zero-order valence-electron chi connectivity index (χ0n) is 11.8. The molecule has 0 atom stereocenters. The van der Waals surface area contributed by atoms with Crippen molar-refractivity contribution in [2.75, 3.05) is 0 Å². The molecule has 0 unspecified atom stereocenters. The summed E-state index contributed by atoms with van der Waals surface area (Å²) in [6.45, 7) is 5.75. The van der Waals surface area contributed by atoms with Crippen LogP contribution in [-0.4, -0.2) is 31.3 Å². The molecule has 2 rings (SSSR count). The summed E-state index contributed by atoms with van der Waals surface area (Å²) >= 11 is 1.54. The molecule has 20 heavy (non-hydrogen) atoms. The molecule has 1 N–H and O–H groups in total. The minimum atomic E-state index is -1.09. The Morgan fingerprint density at radius 3 is 2.65 bits per heavy atom. The van der Waals surface area contributed by atoms with Gasteiger partial charge in [-0.3, -0.25) is 0 Å². The summed E-state index contributed by atoms with van der Waals surface area (Å²) in [5, 5.41) is 23.3. The topological polar surface area (TPSA) is 80.9 Å². The van der Waals surface area contributed by atoms with Crippen molar-refractivity contribution in [3.63, 3.8) is 0 Å². The Labute approximate surface area is 121 Å². The first-order chi connectivity index (χ1) is 9.60. The zero-order valence-corrected chi connectivity index (χ0v) is 12.6. The van der Waals surface area contributed by atoms with Crippen LogP contribution >= 0.6 is 11.3 Å². The van der Waals surface area contributed by atoms with Crippen LogP contribution < -0.4 is 0 Å². The summed E-state index contributed by atoms with van der Waals surface area (Å²) in [7, 11) is 0. The van der Waals surface area contributed by atoms with Crippen molar-refractivity contribution >= 4 is 17.3 Å². The van der Waals surface area contributed by atoms with E-state index in [1.165, 1.54) is 16.0 Å². The monoisotopic (exact) mass is 294 g/mol. The minimum Gasteiger partial charge on any atom is -0.479 e. The number of rotatable bonds is 6. The third-order valence-electron chi connectivity index (χ3n) is 3.77. The molecule has 0 saturated heterocycles. The van der Waals surface area contributed by atoms with Gasteiger partial charge in [-0.15, -0.1) is 16.4 Å². The van der Waals surface area contributed by atoms with Gasteiger partial charge in [0.05, 0.1) is 4.88 Å². The number of tetrazole rings is 1. The van der Waals surface area contributed by atoms with Crippen LogP contribution in [-0.2, 0) is 16.8 Å². The third kappa shape index (κ3) is 2.11. The predicted molar refractivity (Wildman–Crippen MR) is 76.7 cm³/mol. The van der Waals surface area contributed by atoms with Gasteiger partial charge in [0.15, 0.2) is 11.4 Å². The number of hydrogen-bond acceptors (Lipinski definition) is 5. The van der Waals surface area contributed by atoms with E-state index in [9.17, 15) is 9.90 Å². The van der Waals surface area contributed by atoms with Crippen molar-refractivity contribution < 1.29 is 9.90 Å². The van der Waals surface area contributed by atoms with Gasteiger partial charge in [-0.05, 0) is 46.7 Å². The molecule has 0 spiro atoms. The van der Waals surface area contributed by atoms with Crippen LogP contribution in [0.2, 0.25) is 0 Å². The molecular weight excluding hydrogens is 276 g/mol. The Balaban J connectivity index is 2.61. The molecule has 0 fully saturated rings. The molecule has 2 aromatic heterocycles. The Hall–Kier alpha value is -1.76. The summed E-state index contributed by atoms with van der Waals surface area (Å²) in [5.41, 5.74) is 0.0472. The first-order valence-corrected chi connectivity index (χ1v) is 7.57. The fourth-order valence-electron chi connectivity index (χ4n) is 2.37. The Morgan fingerprint density at radius 2 is 2.10 bits per heavy atom. The van der Waals surface area contributed by atoms with Crippen LogP contribution in [0.4, 0.5) is 0 Å². The average Bonchev–Trinajstić information content (AvgIpc) is 3.08. The van der Waals surface area contributed by atoms with Crippen molar-refractivity contribution in [1.29, 1.82) is 0 Å². The van der Waals surface area contributed by atoms with Gasteiger partial charge >= 0.3 is 5.97 Å². The molecule has 7 heteroatoms. The molecule has 0 amide bonds. The maximum atomic E-state index is 11.7. The number of carbonyl (C=O) groups is 1.